The van der Waals surface area contributed by atoms with Crippen LogP contribution in [-0.2, 0) is 16.0 Å². The van der Waals surface area contributed by atoms with Crippen molar-refractivity contribution in [3.8, 4) is 0 Å². The Labute approximate surface area is 143 Å². The summed E-state index contributed by atoms with van der Waals surface area (Å²) in [5.41, 5.74) is 3.95. The van der Waals surface area contributed by atoms with Crippen molar-refractivity contribution in [2.45, 2.75) is 39.7 Å². The molecule has 2 aromatic carbocycles. The summed E-state index contributed by atoms with van der Waals surface area (Å²) in [6, 6.07) is 15.2. The van der Waals surface area contributed by atoms with Crippen LogP contribution in [-0.4, -0.2) is 11.8 Å². The molecule has 0 spiro atoms. The fourth-order valence-corrected chi connectivity index (χ4v) is 2.76. The highest BCUT2D eigenvalue weighted by atomic mass is 16.2. The summed E-state index contributed by atoms with van der Waals surface area (Å²) in [5.74, 6) is -0.261. The lowest BCUT2D eigenvalue weighted by Gasteiger charge is -2.19. The maximum absolute atomic E-state index is 12.5. The van der Waals surface area contributed by atoms with Gasteiger partial charge in [-0.1, -0.05) is 55.5 Å². The van der Waals surface area contributed by atoms with Gasteiger partial charge in [0.15, 0.2) is 0 Å². The highest BCUT2D eigenvalue weighted by Crippen LogP contribution is 2.23. The van der Waals surface area contributed by atoms with Crippen LogP contribution in [0.2, 0.25) is 0 Å². The molecule has 0 aliphatic heterocycles. The van der Waals surface area contributed by atoms with E-state index in [0.29, 0.717) is 0 Å². The largest absolute Gasteiger partial charge is 0.349 e. The quantitative estimate of drug-likeness (QED) is 0.850. The number of hydrogen-bond donors (Lipinski definition) is 2. The maximum atomic E-state index is 12.5. The molecule has 0 saturated heterocycles. The summed E-state index contributed by atoms with van der Waals surface area (Å²) >= 11 is 0. The van der Waals surface area contributed by atoms with E-state index in [4.69, 9.17) is 0 Å². The standard InChI is InChI=1S/C20H24N2O2/c1-4-16-12-8-9-14(2)20(16)22-19(24)13-18(21-15(3)23)17-10-6-5-7-11-17/h5-12,18H,4,13H2,1-3H3,(H,21,23)(H,22,24)/t18-/m0/s1. The van der Waals surface area contributed by atoms with E-state index in [0.717, 1.165) is 28.8 Å². The number of para-hydroxylation sites is 1. The molecule has 0 bridgehead atoms. The Morgan fingerprint density at radius 2 is 1.75 bits per heavy atom. The second kappa shape index (κ2) is 8.29. The van der Waals surface area contributed by atoms with Crippen molar-refractivity contribution in [2.75, 3.05) is 5.32 Å². The molecule has 2 N–H and O–H groups in total. The van der Waals surface area contributed by atoms with Gasteiger partial charge in [0.2, 0.25) is 11.8 Å². The van der Waals surface area contributed by atoms with Crippen LogP contribution in [0.25, 0.3) is 0 Å². The molecule has 4 nitrogen and oxygen atoms in total. The fourth-order valence-electron chi connectivity index (χ4n) is 2.76. The molecule has 0 aliphatic rings. The Bertz CT molecular complexity index is 711. The molecule has 0 heterocycles. The number of anilines is 1. The highest BCUT2D eigenvalue weighted by Gasteiger charge is 2.18. The number of rotatable bonds is 6. The monoisotopic (exact) mass is 324 g/mol. The number of carbonyl (C=O) groups is 2. The van der Waals surface area contributed by atoms with Gasteiger partial charge in [-0.05, 0) is 30.0 Å². The van der Waals surface area contributed by atoms with Gasteiger partial charge in [-0.3, -0.25) is 9.59 Å². The van der Waals surface area contributed by atoms with E-state index in [1.54, 1.807) is 0 Å². The molecule has 0 aromatic heterocycles. The third kappa shape index (κ3) is 4.69. The number of hydrogen-bond acceptors (Lipinski definition) is 2. The molecular weight excluding hydrogens is 300 g/mol. The lowest BCUT2D eigenvalue weighted by atomic mass is 10.0. The first-order chi connectivity index (χ1) is 11.5. The second-order valence-corrected chi connectivity index (χ2v) is 5.88. The SMILES string of the molecule is CCc1cccc(C)c1NC(=O)C[C@H](NC(C)=O)c1ccccc1. The van der Waals surface area contributed by atoms with Crippen LogP contribution < -0.4 is 10.6 Å². The van der Waals surface area contributed by atoms with Crippen molar-refractivity contribution in [3.63, 3.8) is 0 Å². The molecule has 0 unspecified atom stereocenters. The van der Waals surface area contributed by atoms with E-state index >= 15 is 0 Å². The molecule has 0 radical (unpaired) electrons. The van der Waals surface area contributed by atoms with Crippen molar-refractivity contribution in [3.05, 3.63) is 65.2 Å². The first-order valence-electron chi connectivity index (χ1n) is 8.21. The molecule has 2 amide bonds. The van der Waals surface area contributed by atoms with Gasteiger partial charge in [-0.2, -0.15) is 0 Å². The van der Waals surface area contributed by atoms with Crippen LogP contribution in [0.15, 0.2) is 48.5 Å². The zero-order chi connectivity index (χ0) is 17.5. The van der Waals surface area contributed by atoms with Gasteiger partial charge in [-0.25, -0.2) is 0 Å². The molecule has 126 valence electrons. The normalized spacial score (nSPS) is 11.6. The van der Waals surface area contributed by atoms with Crippen LogP contribution in [0.3, 0.4) is 0 Å². The summed E-state index contributed by atoms with van der Waals surface area (Å²) in [5, 5.41) is 5.87. The smallest absolute Gasteiger partial charge is 0.226 e. The van der Waals surface area contributed by atoms with Crippen LogP contribution in [0.4, 0.5) is 5.69 Å². The summed E-state index contributed by atoms with van der Waals surface area (Å²) in [7, 11) is 0. The number of amides is 2. The number of benzene rings is 2. The summed E-state index contributed by atoms with van der Waals surface area (Å²) in [6.07, 6.45) is 1.05. The van der Waals surface area contributed by atoms with Crippen LogP contribution in [0.1, 0.15) is 43.0 Å². The summed E-state index contributed by atoms with van der Waals surface area (Å²) in [6.45, 7) is 5.51. The van der Waals surface area contributed by atoms with Gasteiger partial charge in [-0.15, -0.1) is 0 Å². The molecule has 24 heavy (non-hydrogen) atoms. The van der Waals surface area contributed by atoms with Gasteiger partial charge in [0.25, 0.3) is 0 Å². The van der Waals surface area contributed by atoms with Crippen molar-refractivity contribution in [1.82, 2.24) is 5.32 Å². The maximum Gasteiger partial charge on any atom is 0.226 e. The molecular formula is C20H24N2O2. The third-order valence-corrected chi connectivity index (χ3v) is 3.97. The fraction of sp³-hybridized carbons (Fsp3) is 0.300. The van der Waals surface area contributed by atoms with Crippen molar-refractivity contribution in [2.24, 2.45) is 0 Å². The lowest BCUT2D eigenvalue weighted by molar-refractivity contribution is -0.120. The average Bonchev–Trinajstić information content (AvgIpc) is 2.56. The van der Waals surface area contributed by atoms with E-state index < -0.39 is 0 Å². The van der Waals surface area contributed by atoms with Crippen molar-refractivity contribution >= 4 is 17.5 Å². The van der Waals surface area contributed by atoms with E-state index in [1.165, 1.54) is 6.92 Å². The van der Waals surface area contributed by atoms with E-state index in [9.17, 15) is 9.59 Å². The highest BCUT2D eigenvalue weighted by molar-refractivity contribution is 5.93. The number of nitrogens with one attached hydrogen (secondary N) is 2. The zero-order valence-corrected chi connectivity index (χ0v) is 14.4. The Balaban J connectivity index is 2.15. The molecule has 0 saturated carbocycles. The summed E-state index contributed by atoms with van der Waals surface area (Å²) < 4.78 is 0. The Morgan fingerprint density at radius 3 is 2.38 bits per heavy atom. The Kier molecular flexibility index (Phi) is 6.13. The predicted molar refractivity (Wildman–Crippen MR) is 96.8 cm³/mol. The third-order valence-electron chi connectivity index (χ3n) is 3.97. The summed E-state index contributed by atoms with van der Waals surface area (Å²) in [4.78, 5) is 24.0. The molecule has 0 fully saturated rings. The number of aryl methyl sites for hydroxylation is 2. The van der Waals surface area contributed by atoms with Gasteiger partial charge in [0.1, 0.15) is 0 Å². The first kappa shape index (κ1) is 17.7. The molecule has 4 heteroatoms. The van der Waals surface area contributed by atoms with Gasteiger partial charge < -0.3 is 10.6 Å². The Hall–Kier alpha value is -2.62. The van der Waals surface area contributed by atoms with Crippen LogP contribution in [0, 0.1) is 6.92 Å². The molecule has 2 rings (SSSR count). The first-order valence-corrected chi connectivity index (χ1v) is 8.21. The minimum Gasteiger partial charge on any atom is -0.349 e. The van der Waals surface area contributed by atoms with Crippen molar-refractivity contribution in [1.29, 1.82) is 0 Å². The van der Waals surface area contributed by atoms with Crippen LogP contribution in [0.5, 0.6) is 0 Å². The lowest BCUT2D eigenvalue weighted by Crippen LogP contribution is -2.30. The Morgan fingerprint density at radius 1 is 1.04 bits per heavy atom. The topological polar surface area (TPSA) is 58.2 Å². The minimum absolute atomic E-state index is 0.110. The van der Waals surface area contributed by atoms with Gasteiger partial charge >= 0.3 is 0 Å². The van der Waals surface area contributed by atoms with Crippen LogP contribution >= 0.6 is 0 Å². The van der Waals surface area contributed by atoms with Crippen molar-refractivity contribution < 1.29 is 9.59 Å². The van der Waals surface area contributed by atoms with Gasteiger partial charge in [0.05, 0.1) is 12.5 Å². The number of carbonyl (C=O) groups excluding carboxylic acids is 2. The minimum atomic E-state index is -0.335. The predicted octanol–water partition coefficient (Wildman–Crippen LogP) is 3.76. The second-order valence-electron chi connectivity index (χ2n) is 5.88. The van der Waals surface area contributed by atoms with E-state index in [1.807, 2.05) is 55.5 Å². The molecule has 1 atom stereocenters. The van der Waals surface area contributed by atoms with Gasteiger partial charge in [0, 0.05) is 12.6 Å². The molecule has 2 aromatic rings. The average molecular weight is 324 g/mol. The zero-order valence-electron chi connectivity index (χ0n) is 14.4. The molecule has 0 aliphatic carbocycles. The van der Waals surface area contributed by atoms with E-state index in [-0.39, 0.29) is 24.3 Å². The van der Waals surface area contributed by atoms with E-state index in [2.05, 4.69) is 17.6 Å².